The molecule has 0 aliphatic carbocycles. The van der Waals surface area contributed by atoms with E-state index in [0.29, 0.717) is 6.61 Å². The summed E-state index contributed by atoms with van der Waals surface area (Å²) in [5.74, 6) is 1.81. The van der Waals surface area contributed by atoms with Crippen molar-refractivity contribution in [3.05, 3.63) is 71.8 Å². The van der Waals surface area contributed by atoms with Gasteiger partial charge in [0.2, 0.25) is 0 Å². The summed E-state index contributed by atoms with van der Waals surface area (Å²) >= 11 is 0. The molecule has 3 aromatic rings. The van der Waals surface area contributed by atoms with E-state index in [-0.39, 0.29) is 0 Å². The van der Waals surface area contributed by atoms with Gasteiger partial charge in [0.25, 0.3) is 0 Å². The molecule has 0 aromatic heterocycles. The lowest BCUT2D eigenvalue weighted by Crippen LogP contribution is -1.97. The van der Waals surface area contributed by atoms with E-state index >= 15 is 0 Å². The molecule has 0 aliphatic heterocycles. The van der Waals surface area contributed by atoms with Crippen LogP contribution < -0.4 is 9.47 Å². The Hall–Kier alpha value is -3.14. The zero-order valence-corrected chi connectivity index (χ0v) is 28.2. The summed E-state index contributed by atoms with van der Waals surface area (Å²) in [5.41, 5.74) is 6.65. The fourth-order valence-corrected chi connectivity index (χ4v) is 5.71. The molecular formula is C40H58N2O2. The molecule has 0 atom stereocenters. The van der Waals surface area contributed by atoms with Crippen LogP contribution in [0.15, 0.2) is 70.9 Å². The highest BCUT2D eigenvalue weighted by atomic mass is 16.5. The van der Waals surface area contributed by atoms with Crippen LogP contribution in [0.5, 0.6) is 11.5 Å². The molecule has 0 bridgehead atoms. The average Bonchev–Trinajstić information content (AvgIpc) is 3.06. The van der Waals surface area contributed by atoms with Gasteiger partial charge in [-0.25, -0.2) is 0 Å². The third kappa shape index (κ3) is 12.8. The second kappa shape index (κ2) is 21.5. The molecule has 0 radical (unpaired) electrons. The molecule has 0 spiro atoms. The lowest BCUT2D eigenvalue weighted by Gasteiger charge is -2.13. The molecule has 4 heteroatoms. The van der Waals surface area contributed by atoms with Crippen LogP contribution in [-0.4, -0.2) is 13.2 Å². The second-order valence-electron chi connectivity index (χ2n) is 11.9. The number of rotatable bonds is 23. The van der Waals surface area contributed by atoms with Crippen LogP contribution in [0.1, 0.15) is 129 Å². The van der Waals surface area contributed by atoms with Gasteiger partial charge < -0.3 is 9.47 Å². The van der Waals surface area contributed by atoms with E-state index in [2.05, 4.69) is 50.2 Å². The van der Waals surface area contributed by atoms with Gasteiger partial charge in [-0.15, -0.1) is 5.11 Å². The summed E-state index contributed by atoms with van der Waals surface area (Å²) < 4.78 is 11.6. The van der Waals surface area contributed by atoms with Gasteiger partial charge in [-0.05, 0) is 97.0 Å². The lowest BCUT2D eigenvalue weighted by molar-refractivity contribution is 0.304. The Kier molecular flexibility index (Phi) is 17.3. The Morgan fingerprint density at radius 2 is 0.955 bits per heavy atom. The van der Waals surface area contributed by atoms with Gasteiger partial charge in [0, 0.05) is 0 Å². The van der Waals surface area contributed by atoms with Crippen molar-refractivity contribution in [3.63, 3.8) is 0 Å². The van der Waals surface area contributed by atoms with Gasteiger partial charge in [0.05, 0.1) is 24.6 Å². The van der Waals surface area contributed by atoms with E-state index in [9.17, 15) is 0 Å². The van der Waals surface area contributed by atoms with Crippen LogP contribution in [0, 0.1) is 0 Å². The van der Waals surface area contributed by atoms with Crippen molar-refractivity contribution < 1.29 is 9.47 Å². The molecule has 0 unspecified atom stereocenters. The molecular weight excluding hydrogens is 540 g/mol. The number of nitrogens with zero attached hydrogens (tertiary/aromatic N) is 2. The third-order valence-electron chi connectivity index (χ3n) is 8.40. The predicted molar refractivity (Wildman–Crippen MR) is 188 cm³/mol. The standard InChI is InChI=1S/C40H58N2O2/c1-5-9-10-11-12-13-14-15-16-17-18-19-20-21-30-44-39-28-24-37(25-29-39)41-42-40-33(6-2)31-36(32-34(40)7-3)35-22-26-38(27-23-35)43-8-4/h22-29,31-32H,5-21,30H2,1-4H3/b42-41+. The maximum Gasteiger partial charge on any atom is 0.119 e. The van der Waals surface area contributed by atoms with E-state index < -0.39 is 0 Å². The fraction of sp³-hybridized carbons (Fsp3) is 0.550. The number of hydrogen-bond acceptors (Lipinski definition) is 4. The molecule has 0 heterocycles. The van der Waals surface area contributed by atoms with Crippen molar-refractivity contribution in [1.29, 1.82) is 0 Å². The molecule has 3 rings (SSSR count). The van der Waals surface area contributed by atoms with Crippen LogP contribution in [0.3, 0.4) is 0 Å². The summed E-state index contributed by atoms with van der Waals surface area (Å²) in [6.07, 6.45) is 21.0. The smallest absolute Gasteiger partial charge is 0.119 e. The first-order valence-corrected chi connectivity index (χ1v) is 17.7. The van der Waals surface area contributed by atoms with E-state index in [1.54, 1.807) is 0 Å². The van der Waals surface area contributed by atoms with Crippen molar-refractivity contribution >= 4 is 11.4 Å². The summed E-state index contributed by atoms with van der Waals surface area (Å²) in [6.45, 7) is 10.1. The van der Waals surface area contributed by atoms with Gasteiger partial charge in [-0.1, -0.05) is 116 Å². The first-order chi connectivity index (χ1) is 21.7. The quantitative estimate of drug-likeness (QED) is 0.0805. The molecule has 0 amide bonds. The number of hydrogen-bond donors (Lipinski definition) is 0. The van der Waals surface area contributed by atoms with Crippen molar-refractivity contribution in [2.45, 2.75) is 130 Å². The molecule has 240 valence electrons. The Balaban J connectivity index is 1.38. The van der Waals surface area contributed by atoms with Gasteiger partial charge in [0.15, 0.2) is 0 Å². The van der Waals surface area contributed by atoms with Crippen molar-refractivity contribution in [2.75, 3.05) is 13.2 Å². The monoisotopic (exact) mass is 598 g/mol. The number of unbranched alkanes of at least 4 members (excludes halogenated alkanes) is 13. The molecule has 0 fully saturated rings. The molecule has 4 nitrogen and oxygen atoms in total. The Morgan fingerprint density at radius 1 is 0.477 bits per heavy atom. The predicted octanol–water partition coefficient (Wildman–Crippen LogP) is 13.2. The molecule has 0 N–H and O–H groups in total. The lowest BCUT2D eigenvalue weighted by atomic mass is 9.95. The highest BCUT2D eigenvalue weighted by molar-refractivity contribution is 5.71. The average molecular weight is 599 g/mol. The normalized spacial score (nSPS) is 11.4. The van der Waals surface area contributed by atoms with Crippen molar-refractivity contribution in [2.24, 2.45) is 10.2 Å². The molecule has 0 saturated carbocycles. The number of aryl methyl sites for hydroxylation is 2. The van der Waals surface area contributed by atoms with Crippen LogP contribution >= 0.6 is 0 Å². The summed E-state index contributed by atoms with van der Waals surface area (Å²) in [4.78, 5) is 0. The van der Waals surface area contributed by atoms with Crippen LogP contribution in [-0.2, 0) is 12.8 Å². The largest absolute Gasteiger partial charge is 0.494 e. The Bertz CT molecular complexity index is 1180. The van der Waals surface area contributed by atoms with Gasteiger partial charge in [0.1, 0.15) is 11.5 Å². The Labute approximate surface area is 268 Å². The number of azo groups is 1. The molecule has 0 aliphatic rings. The van der Waals surface area contributed by atoms with E-state index in [1.165, 1.54) is 106 Å². The van der Waals surface area contributed by atoms with Crippen LogP contribution in [0.25, 0.3) is 11.1 Å². The molecule has 0 saturated heterocycles. The van der Waals surface area contributed by atoms with Crippen LogP contribution in [0.4, 0.5) is 11.4 Å². The highest BCUT2D eigenvalue weighted by Gasteiger charge is 2.11. The fourth-order valence-electron chi connectivity index (χ4n) is 5.71. The van der Waals surface area contributed by atoms with Crippen LogP contribution in [0.2, 0.25) is 0 Å². The Morgan fingerprint density at radius 3 is 1.45 bits per heavy atom. The SMILES string of the molecule is CCCCCCCCCCCCCCCCOc1ccc(/N=N/c2c(CC)cc(-c3ccc(OCC)cc3)cc2CC)cc1. The van der Waals surface area contributed by atoms with E-state index in [4.69, 9.17) is 14.6 Å². The number of benzene rings is 3. The first kappa shape index (κ1) is 35.3. The maximum absolute atomic E-state index is 6.00. The highest BCUT2D eigenvalue weighted by Crippen LogP contribution is 2.34. The summed E-state index contributed by atoms with van der Waals surface area (Å²) in [7, 11) is 0. The van der Waals surface area contributed by atoms with E-state index in [1.807, 2.05) is 43.3 Å². The minimum atomic E-state index is 0.675. The minimum Gasteiger partial charge on any atom is -0.494 e. The topological polar surface area (TPSA) is 43.2 Å². The number of ether oxygens (including phenoxy) is 2. The van der Waals surface area contributed by atoms with Crippen molar-refractivity contribution in [1.82, 2.24) is 0 Å². The zero-order valence-electron chi connectivity index (χ0n) is 28.2. The van der Waals surface area contributed by atoms with Gasteiger partial charge in [-0.3, -0.25) is 0 Å². The zero-order chi connectivity index (χ0) is 31.2. The minimum absolute atomic E-state index is 0.675. The third-order valence-corrected chi connectivity index (χ3v) is 8.40. The maximum atomic E-state index is 6.00. The first-order valence-electron chi connectivity index (χ1n) is 17.7. The van der Waals surface area contributed by atoms with Gasteiger partial charge >= 0.3 is 0 Å². The summed E-state index contributed by atoms with van der Waals surface area (Å²) in [5, 5.41) is 9.33. The van der Waals surface area contributed by atoms with E-state index in [0.717, 1.165) is 48.7 Å². The summed E-state index contributed by atoms with van der Waals surface area (Å²) in [6, 6.07) is 20.8. The second-order valence-corrected chi connectivity index (χ2v) is 11.9. The molecule has 44 heavy (non-hydrogen) atoms. The van der Waals surface area contributed by atoms with Crippen molar-refractivity contribution in [3.8, 4) is 22.6 Å². The van der Waals surface area contributed by atoms with Gasteiger partial charge in [-0.2, -0.15) is 5.11 Å². The molecule has 3 aromatic carbocycles.